The second-order valence-electron chi connectivity index (χ2n) is 4.47. The minimum atomic E-state index is 0.399. The summed E-state index contributed by atoms with van der Waals surface area (Å²) in [5.74, 6) is 1.30. The van der Waals surface area contributed by atoms with Crippen molar-refractivity contribution < 1.29 is 0 Å². The van der Waals surface area contributed by atoms with E-state index in [-0.39, 0.29) is 0 Å². The fraction of sp³-hybridized carbons (Fsp3) is 0.333. The molecule has 0 fully saturated rings. The third-order valence-electron chi connectivity index (χ3n) is 2.88. The highest BCUT2D eigenvalue weighted by molar-refractivity contribution is 9.10. The number of aromatic nitrogens is 8. The van der Waals surface area contributed by atoms with E-state index in [1.165, 1.54) is 4.80 Å². The van der Waals surface area contributed by atoms with E-state index in [4.69, 9.17) is 0 Å². The van der Waals surface area contributed by atoms with Crippen molar-refractivity contribution in [3.05, 3.63) is 34.6 Å². The summed E-state index contributed by atoms with van der Waals surface area (Å²) in [4.78, 5) is 1.50. The minimum Gasteiger partial charge on any atom is -0.228 e. The van der Waals surface area contributed by atoms with Crippen molar-refractivity contribution >= 4 is 15.9 Å². The topological polar surface area (TPSA) is 87.2 Å². The highest BCUT2D eigenvalue weighted by Crippen LogP contribution is 2.17. The average molecular weight is 349 g/mol. The third-order valence-corrected chi connectivity index (χ3v) is 3.41. The lowest BCUT2D eigenvalue weighted by molar-refractivity contribution is 0.500. The van der Waals surface area contributed by atoms with E-state index in [1.807, 2.05) is 24.3 Å². The molecule has 9 heteroatoms. The van der Waals surface area contributed by atoms with Crippen LogP contribution in [0.4, 0.5) is 0 Å². The summed E-state index contributed by atoms with van der Waals surface area (Å²) >= 11 is 3.40. The predicted octanol–water partition coefficient (Wildman–Crippen LogP) is 1.55. The Kier molecular flexibility index (Phi) is 4.00. The van der Waals surface area contributed by atoms with Gasteiger partial charge in [-0.1, -0.05) is 22.9 Å². The average Bonchev–Trinajstić information content (AvgIpc) is 3.11. The molecular weight excluding hydrogens is 336 g/mol. The lowest BCUT2D eigenvalue weighted by Crippen LogP contribution is -2.12. The molecule has 0 atom stereocenters. The number of aryl methyl sites for hydroxylation is 1. The summed E-state index contributed by atoms with van der Waals surface area (Å²) in [6, 6.07) is 7.76. The number of benzene rings is 1. The van der Waals surface area contributed by atoms with Crippen molar-refractivity contribution in [2.24, 2.45) is 0 Å². The van der Waals surface area contributed by atoms with Crippen molar-refractivity contribution in [1.29, 1.82) is 0 Å². The molecule has 0 radical (unpaired) electrons. The van der Waals surface area contributed by atoms with Gasteiger partial charge in [-0.05, 0) is 46.3 Å². The summed E-state index contributed by atoms with van der Waals surface area (Å²) in [7, 11) is 0. The zero-order valence-corrected chi connectivity index (χ0v) is 13.0. The van der Waals surface area contributed by atoms with Gasteiger partial charge in [0.25, 0.3) is 0 Å². The Bertz CT molecular complexity index is 717. The van der Waals surface area contributed by atoms with Crippen LogP contribution >= 0.6 is 15.9 Å². The van der Waals surface area contributed by atoms with Crippen LogP contribution in [0.15, 0.2) is 28.7 Å². The minimum absolute atomic E-state index is 0.399. The van der Waals surface area contributed by atoms with E-state index in [0.29, 0.717) is 12.4 Å². The van der Waals surface area contributed by atoms with Crippen LogP contribution in [0.5, 0.6) is 0 Å². The van der Waals surface area contributed by atoms with Crippen LogP contribution in [0.3, 0.4) is 0 Å². The number of hydrogen-bond donors (Lipinski definition) is 0. The smallest absolute Gasteiger partial charge is 0.204 e. The van der Waals surface area contributed by atoms with Gasteiger partial charge in [0, 0.05) is 16.6 Å². The molecule has 21 heavy (non-hydrogen) atoms. The van der Waals surface area contributed by atoms with Gasteiger partial charge in [0.05, 0.1) is 0 Å². The lowest BCUT2D eigenvalue weighted by atomic mass is 10.2. The van der Waals surface area contributed by atoms with Gasteiger partial charge in [-0.25, -0.2) is 4.68 Å². The lowest BCUT2D eigenvalue weighted by Gasteiger charge is -2.00. The van der Waals surface area contributed by atoms with Crippen molar-refractivity contribution in [1.82, 2.24) is 40.4 Å². The van der Waals surface area contributed by atoms with Crippen LogP contribution in [0.1, 0.15) is 19.2 Å². The first-order chi connectivity index (χ1) is 10.3. The molecule has 1 aromatic carbocycles. The summed E-state index contributed by atoms with van der Waals surface area (Å²) in [6.45, 7) is 3.25. The molecule has 0 bridgehead atoms. The van der Waals surface area contributed by atoms with Gasteiger partial charge >= 0.3 is 0 Å². The summed E-state index contributed by atoms with van der Waals surface area (Å²) < 4.78 is 2.76. The molecule has 0 aliphatic rings. The van der Waals surface area contributed by atoms with Gasteiger partial charge in [0.15, 0.2) is 5.82 Å². The van der Waals surface area contributed by atoms with Gasteiger partial charge in [0.1, 0.15) is 6.54 Å². The molecule has 0 amide bonds. The normalized spacial score (nSPS) is 11.0. The maximum Gasteiger partial charge on any atom is 0.204 e. The van der Waals surface area contributed by atoms with Crippen LogP contribution in [0.25, 0.3) is 11.4 Å². The van der Waals surface area contributed by atoms with E-state index in [1.54, 1.807) is 4.68 Å². The largest absolute Gasteiger partial charge is 0.228 e. The highest BCUT2D eigenvalue weighted by atomic mass is 79.9. The first-order valence-electron chi connectivity index (χ1n) is 6.55. The third kappa shape index (κ3) is 3.13. The molecule has 2 aromatic heterocycles. The molecule has 0 unspecified atom stereocenters. The van der Waals surface area contributed by atoms with E-state index < -0.39 is 0 Å². The molecule has 2 heterocycles. The molecule has 108 valence electrons. The van der Waals surface area contributed by atoms with Gasteiger partial charge in [0.2, 0.25) is 5.82 Å². The Morgan fingerprint density at radius 2 is 1.90 bits per heavy atom. The predicted molar refractivity (Wildman–Crippen MR) is 78.2 cm³/mol. The van der Waals surface area contributed by atoms with Crippen LogP contribution < -0.4 is 0 Å². The van der Waals surface area contributed by atoms with Gasteiger partial charge in [-0.15, -0.1) is 15.3 Å². The second-order valence-corrected chi connectivity index (χ2v) is 5.38. The van der Waals surface area contributed by atoms with Crippen LogP contribution in [0.2, 0.25) is 0 Å². The van der Waals surface area contributed by atoms with Gasteiger partial charge in [-0.3, -0.25) is 0 Å². The molecule has 3 rings (SSSR count). The molecule has 0 saturated carbocycles. The maximum absolute atomic E-state index is 4.36. The fourth-order valence-electron chi connectivity index (χ4n) is 1.87. The first-order valence-corrected chi connectivity index (χ1v) is 7.34. The van der Waals surface area contributed by atoms with Crippen LogP contribution in [-0.2, 0) is 13.1 Å². The Balaban J connectivity index is 1.78. The molecular formula is C12H13BrN8. The summed E-state index contributed by atoms with van der Waals surface area (Å²) in [5.41, 5.74) is 0.914. The van der Waals surface area contributed by atoms with E-state index in [2.05, 4.69) is 53.8 Å². The number of hydrogen-bond acceptors (Lipinski definition) is 6. The number of halogens is 1. The van der Waals surface area contributed by atoms with E-state index in [9.17, 15) is 0 Å². The first kappa shape index (κ1) is 13.8. The zero-order valence-electron chi connectivity index (χ0n) is 11.4. The van der Waals surface area contributed by atoms with Crippen molar-refractivity contribution in [3.8, 4) is 11.4 Å². The summed E-state index contributed by atoms with van der Waals surface area (Å²) in [6.07, 6.45) is 0.965. The van der Waals surface area contributed by atoms with Crippen molar-refractivity contribution in [3.63, 3.8) is 0 Å². The van der Waals surface area contributed by atoms with Crippen molar-refractivity contribution in [2.75, 3.05) is 0 Å². The summed E-state index contributed by atoms with van der Waals surface area (Å²) in [5, 5.41) is 24.1. The molecule has 8 nitrogen and oxygen atoms in total. The Hall–Kier alpha value is -2.16. The van der Waals surface area contributed by atoms with Crippen molar-refractivity contribution in [2.45, 2.75) is 26.4 Å². The molecule has 0 spiro atoms. The maximum atomic E-state index is 4.36. The second kappa shape index (κ2) is 6.08. The molecule has 0 saturated heterocycles. The number of rotatable bonds is 5. The van der Waals surface area contributed by atoms with Gasteiger partial charge < -0.3 is 0 Å². The zero-order chi connectivity index (χ0) is 14.7. The van der Waals surface area contributed by atoms with Crippen LogP contribution in [-0.4, -0.2) is 40.4 Å². The number of nitrogens with zero attached hydrogens (tertiary/aromatic N) is 8. The van der Waals surface area contributed by atoms with Gasteiger partial charge in [-0.2, -0.15) is 4.80 Å². The van der Waals surface area contributed by atoms with E-state index >= 15 is 0 Å². The standard InChI is InChI=1S/C12H13BrN8/c1-2-7-20-11(14-17-19-20)8-21-16-12(15-18-21)9-3-5-10(13)6-4-9/h3-6H,2,7-8H2,1H3. The Morgan fingerprint density at radius 3 is 2.67 bits per heavy atom. The molecule has 0 aliphatic carbocycles. The van der Waals surface area contributed by atoms with Crippen LogP contribution in [0, 0.1) is 0 Å². The SMILES string of the molecule is CCCn1nnnc1Cn1nnc(-c2ccc(Br)cc2)n1. The Labute approximate surface area is 129 Å². The number of tetrazole rings is 2. The monoisotopic (exact) mass is 348 g/mol. The fourth-order valence-corrected chi connectivity index (χ4v) is 2.14. The molecule has 0 N–H and O–H groups in total. The molecule has 3 aromatic rings. The Morgan fingerprint density at radius 1 is 1.10 bits per heavy atom. The van der Waals surface area contributed by atoms with E-state index in [0.717, 1.165) is 28.8 Å². The highest BCUT2D eigenvalue weighted by Gasteiger charge is 2.10. The quantitative estimate of drug-likeness (QED) is 0.695. The molecule has 0 aliphatic heterocycles.